The normalized spacial score (nSPS) is 15.3. The van der Waals surface area contributed by atoms with E-state index in [9.17, 15) is 0 Å². The Bertz CT molecular complexity index is 231. The lowest BCUT2D eigenvalue weighted by Gasteiger charge is -2.44. The summed E-state index contributed by atoms with van der Waals surface area (Å²) >= 11 is 0. The molecule has 0 saturated heterocycles. The lowest BCUT2D eigenvalue weighted by molar-refractivity contribution is 0.247. The molecule has 0 aliphatic rings. The van der Waals surface area contributed by atoms with Gasteiger partial charge in [0.15, 0.2) is 0 Å². The van der Waals surface area contributed by atoms with E-state index in [1.165, 1.54) is 0 Å². The molecule has 0 nitrogen and oxygen atoms in total. The maximum atomic E-state index is 2.37. The van der Waals surface area contributed by atoms with Crippen molar-refractivity contribution in [1.29, 1.82) is 0 Å². The van der Waals surface area contributed by atoms with Crippen molar-refractivity contribution in [2.45, 2.75) is 93.6 Å². The molecule has 122 valence electrons. The third-order valence-corrected chi connectivity index (χ3v) is 8.21. The van der Waals surface area contributed by atoms with Crippen molar-refractivity contribution >= 4 is 21.6 Å². The van der Waals surface area contributed by atoms with Crippen LogP contribution >= 0.6 is 21.6 Å². The zero-order chi connectivity index (χ0) is 16.6. The molecular weight excluding hydrogens is 280 g/mol. The van der Waals surface area contributed by atoms with Crippen LogP contribution in [-0.4, -0.2) is 10.5 Å². The van der Waals surface area contributed by atoms with Gasteiger partial charge in [-0.05, 0) is 21.7 Å². The van der Waals surface area contributed by atoms with Gasteiger partial charge in [0.05, 0.1) is 0 Å². The summed E-state index contributed by atoms with van der Waals surface area (Å²) in [6.07, 6.45) is 0. The number of hydrogen-bond acceptors (Lipinski definition) is 2. The van der Waals surface area contributed by atoms with E-state index in [0.29, 0.717) is 32.2 Å². The van der Waals surface area contributed by atoms with Crippen molar-refractivity contribution in [3.63, 3.8) is 0 Å². The van der Waals surface area contributed by atoms with Crippen molar-refractivity contribution in [2.24, 2.45) is 21.7 Å². The number of rotatable bonds is 3. The van der Waals surface area contributed by atoms with E-state index in [4.69, 9.17) is 0 Å². The maximum Gasteiger partial charge on any atom is 0.0248 e. The molecule has 0 spiro atoms. The van der Waals surface area contributed by atoms with Crippen LogP contribution in [0.25, 0.3) is 0 Å². The van der Waals surface area contributed by atoms with Crippen molar-refractivity contribution in [2.75, 3.05) is 0 Å². The van der Waals surface area contributed by atoms with Gasteiger partial charge >= 0.3 is 0 Å². The van der Waals surface area contributed by atoms with E-state index < -0.39 is 0 Å². The average molecular weight is 319 g/mol. The molecule has 0 heterocycles. The largest absolute Gasteiger partial charge is 0.0893 e. The van der Waals surface area contributed by atoms with E-state index in [1.807, 2.05) is 0 Å². The minimum absolute atomic E-state index is 0.330. The van der Waals surface area contributed by atoms with Crippen LogP contribution in [0.1, 0.15) is 83.1 Å². The van der Waals surface area contributed by atoms with Gasteiger partial charge in [0.25, 0.3) is 0 Å². The Hall–Kier alpha value is 0.700. The summed E-state index contributed by atoms with van der Waals surface area (Å²) in [5.74, 6) is 0. The standard InChI is InChI=1S/C18H38S2/c1-15(2,3)13(16(4,5)6)19-20-14(17(7,8)9)18(10,11)12/h13-14H,1-12H3. The van der Waals surface area contributed by atoms with E-state index in [-0.39, 0.29) is 0 Å². The molecule has 20 heavy (non-hydrogen) atoms. The molecule has 2 heteroatoms. The summed E-state index contributed by atoms with van der Waals surface area (Å²) < 4.78 is 0. The van der Waals surface area contributed by atoms with Gasteiger partial charge < -0.3 is 0 Å². The minimum atomic E-state index is 0.330. The predicted molar refractivity (Wildman–Crippen MR) is 101 cm³/mol. The molecule has 0 aliphatic heterocycles. The van der Waals surface area contributed by atoms with Crippen LogP contribution < -0.4 is 0 Å². The van der Waals surface area contributed by atoms with Crippen LogP contribution in [0.2, 0.25) is 0 Å². The topological polar surface area (TPSA) is 0 Å². The Balaban J connectivity index is 5.10. The molecule has 0 aromatic heterocycles. The molecular formula is C18H38S2. The van der Waals surface area contributed by atoms with Crippen LogP contribution in [0.4, 0.5) is 0 Å². The average Bonchev–Trinajstić information content (AvgIpc) is 2.02. The first kappa shape index (κ1) is 20.7. The van der Waals surface area contributed by atoms with E-state index in [1.54, 1.807) is 0 Å². The fourth-order valence-electron chi connectivity index (χ4n) is 3.29. The molecule has 0 amide bonds. The van der Waals surface area contributed by atoms with Crippen molar-refractivity contribution < 1.29 is 0 Å². The molecule has 0 saturated carbocycles. The Morgan fingerprint density at radius 1 is 0.400 bits per heavy atom. The first-order valence-corrected chi connectivity index (χ1v) is 10.1. The zero-order valence-corrected chi connectivity index (χ0v) is 17.6. The lowest BCUT2D eigenvalue weighted by atomic mass is 9.77. The summed E-state index contributed by atoms with van der Waals surface area (Å²) in [7, 11) is 4.23. The van der Waals surface area contributed by atoms with Gasteiger partial charge in [-0.3, -0.25) is 0 Å². The summed E-state index contributed by atoms with van der Waals surface area (Å²) in [5, 5.41) is 1.29. The lowest BCUT2D eigenvalue weighted by Crippen LogP contribution is -2.38. The Kier molecular flexibility index (Phi) is 6.67. The fraction of sp³-hybridized carbons (Fsp3) is 1.00. The van der Waals surface area contributed by atoms with Gasteiger partial charge in [-0.2, -0.15) is 0 Å². The highest BCUT2D eigenvalue weighted by molar-refractivity contribution is 8.77. The zero-order valence-electron chi connectivity index (χ0n) is 16.0. The van der Waals surface area contributed by atoms with Gasteiger partial charge in [-0.25, -0.2) is 0 Å². The minimum Gasteiger partial charge on any atom is -0.0893 e. The quantitative estimate of drug-likeness (QED) is 0.501. The van der Waals surface area contributed by atoms with Crippen LogP contribution in [-0.2, 0) is 0 Å². The molecule has 0 N–H and O–H groups in total. The fourth-order valence-corrected chi connectivity index (χ4v) is 8.79. The Labute approximate surface area is 137 Å². The summed E-state index contributed by atoms with van der Waals surface area (Å²) in [4.78, 5) is 0. The molecule has 0 fully saturated rings. The van der Waals surface area contributed by atoms with Gasteiger partial charge in [-0.15, -0.1) is 0 Å². The molecule has 0 radical (unpaired) electrons. The van der Waals surface area contributed by atoms with Crippen molar-refractivity contribution in [3.8, 4) is 0 Å². The highest BCUT2D eigenvalue weighted by Crippen LogP contribution is 2.54. The van der Waals surface area contributed by atoms with Crippen LogP contribution in [0, 0.1) is 21.7 Å². The molecule has 0 rings (SSSR count). The summed E-state index contributed by atoms with van der Waals surface area (Å²) in [5.41, 5.74) is 1.32. The molecule has 0 atom stereocenters. The maximum absolute atomic E-state index is 2.37. The second-order valence-electron chi connectivity index (χ2n) is 10.4. The van der Waals surface area contributed by atoms with Crippen molar-refractivity contribution in [3.05, 3.63) is 0 Å². The molecule has 0 bridgehead atoms. The number of hydrogen-bond donors (Lipinski definition) is 0. The summed E-state index contributed by atoms with van der Waals surface area (Å²) in [6, 6.07) is 0. The second-order valence-corrected chi connectivity index (χ2v) is 12.9. The van der Waals surface area contributed by atoms with Crippen LogP contribution in [0.3, 0.4) is 0 Å². The molecule has 0 unspecified atom stereocenters. The third-order valence-electron chi connectivity index (χ3n) is 3.39. The van der Waals surface area contributed by atoms with E-state index in [2.05, 4.69) is 105 Å². The van der Waals surface area contributed by atoms with Gasteiger partial charge in [0, 0.05) is 10.5 Å². The van der Waals surface area contributed by atoms with Gasteiger partial charge in [0.1, 0.15) is 0 Å². The second kappa shape index (κ2) is 6.44. The van der Waals surface area contributed by atoms with Crippen molar-refractivity contribution in [1.82, 2.24) is 0 Å². The first-order chi connectivity index (χ1) is 8.47. The highest BCUT2D eigenvalue weighted by Gasteiger charge is 2.40. The van der Waals surface area contributed by atoms with E-state index >= 15 is 0 Å². The summed E-state index contributed by atoms with van der Waals surface area (Å²) in [6.45, 7) is 28.5. The van der Waals surface area contributed by atoms with Gasteiger partial charge in [-0.1, -0.05) is 105 Å². The molecule has 0 aliphatic carbocycles. The molecule has 0 aromatic rings. The first-order valence-electron chi connectivity index (χ1n) is 7.79. The highest BCUT2D eigenvalue weighted by atomic mass is 33.1. The van der Waals surface area contributed by atoms with Crippen LogP contribution in [0.15, 0.2) is 0 Å². The Morgan fingerprint density at radius 2 is 0.550 bits per heavy atom. The Morgan fingerprint density at radius 3 is 0.650 bits per heavy atom. The van der Waals surface area contributed by atoms with Crippen LogP contribution in [0.5, 0.6) is 0 Å². The SMILES string of the molecule is CC(C)(C)C(SSC(C(C)(C)C)C(C)(C)C)C(C)(C)C. The van der Waals surface area contributed by atoms with E-state index in [0.717, 1.165) is 0 Å². The molecule has 0 aromatic carbocycles. The smallest absolute Gasteiger partial charge is 0.0248 e. The predicted octanol–water partition coefficient (Wildman–Crippen LogP) is 7.29. The van der Waals surface area contributed by atoms with Gasteiger partial charge in [0.2, 0.25) is 0 Å². The third kappa shape index (κ3) is 6.64. The monoisotopic (exact) mass is 318 g/mol.